The van der Waals surface area contributed by atoms with Crippen molar-refractivity contribution in [1.29, 1.82) is 0 Å². The maximum Gasteiger partial charge on any atom is 0.266 e. The third-order valence-corrected chi connectivity index (χ3v) is 4.55. The number of fused-ring (bicyclic) bond motifs is 2. The van der Waals surface area contributed by atoms with E-state index in [1.165, 1.54) is 11.1 Å². The van der Waals surface area contributed by atoms with Crippen LogP contribution in [-0.2, 0) is 22.4 Å². The molecule has 2 aliphatic rings. The monoisotopic (exact) mass is 352 g/mol. The zero-order valence-electron chi connectivity index (χ0n) is 14.3. The fourth-order valence-electron chi connectivity index (χ4n) is 3.20. The summed E-state index contributed by atoms with van der Waals surface area (Å²) in [6.07, 6.45) is 4.42. The summed E-state index contributed by atoms with van der Waals surface area (Å²) in [6, 6.07) is 13.9. The Bertz CT molecular complexity index is 834. The fourth-order valence-corrected chi connectivity index (χ4v) is 3.20. The predicted molar refractivity (Wildman–Crippen MR) is 96.5 cm³/mol. The normalized spacial score (nSPS) is 17.9. The lowest BCUT2D eigenvalue weighted by atomic mass is 9.90. The van der Waals surface area contributed by atoms with Gasteiger partial charge in [-0.05, 0) is 54.2 Å². The van der Waals surface area contributed by atoms with Crippen LogP contribution in [0.2, 0.25) is 0 Å². The van der Waals surface area contributed by atoms with Gasteiger partial charge in [-0.1, -0.05) is 24.3 Å². The van der Waals surface area contributed by atoms with Crippen molar-refractivity contribution < 1.29 is 19.0 Å². The number of benzene rings is 2. The molecule has 0 saturated heterocycles. The molecule has 26 heavy (non-hydrogen) atoms. The van der Waals surface area contributed by atoms with Crippen LogP contribution in [0.1, 0.15) is 23.1 Å². The molecule has 1 unspecified atom stereocenters. The van der Waals surface area contributed by atoms with Crippen LogP contribution in [0.4, 0.5) is 0 Å². The molecule has 6 heteroatoms. The molecular weight excluding hydrogens is 332 g/mol. The Hall–Kier alpha value is -2.86. The van der Waals surface area contributed by atoms with Crippen LogP contribution in [0.3, 0.4) is 0 Å². The molecule has 1 aliphatic carbocycles. The molecule has 1 amide bonds. The molecule has 1 atom stereocenters. The topological polar surface area (TPSA) is 69.2 Å². The van der Waals surface area contributed by atoms with Crippen molar-refractivity contribution in [3.05, 3.63) is 59.2 Å². The van der Waals surface area contributed by atoms with Crippen molar-refractivity contribution >= 4 is 12.1 Å². The Labute approximate surface area is 151 Å². The van der Waals surface area contributed by atoms with Crippen LogP contribution in [0, 0.1) is 0 Å². The highest BCUT2D eigenvalue weighted by Crippen LogP contribution is 2.31. The average Bonchev–Trinajstić information content (AvgIpc) is 3.14. The second kappa shape index (κ2) is 7.58. The van der Waals surface area contributed by atoms with Gasteiger partial charge < -0.3 is 14.2 Å². The van der Waals surface area contributed by atoms with Gasteiger partial charge in [-0.15, -0.1) is 0 Å². The lowest BCUT2D eigenvalue weighted by molar-refractivity contribution is -0.127. The largest absolute Gasteiger partial charge is 0.454 e. The van der Waals surface area contributed by atoms with Gasteiger partial charge in [-0.2, -0.15) is 5.10 Å². The van der Waals surface area contributed by atoms with Crippen LogP contribution in [0.5, 0.6) is 11.5 Å². The van der Waals surface area contributed by atoms with E-state index in [1.54, 1.807) is 6.21 Å². The molecule has 0 fully saturated rings. The molecule has 0 spiro atoms. The summed E-state index contributed by atoms with van der Waals surface area (Å²) >= 11 is 0. The Morgan fingerprint density at radius 2 is 2.04 bits per heavy atom. The standard InChI is InChI=1S/C20H20N2O4/c23-20(12-24-17-7-6-15-3-1-2-4-16(15)10-17)22-21-11-14-5-8-18-19(9-14)26-13-25-18/h1-5,8-9,11,17H,6-7,10,12-13H2,(H,22,23). The number of hydrogen-bond donors (Lipinski definition) is 1. The molecule has 1 N–H and O–H groups in total. The molecular formula is C20H20N2O4. The van der Waals surface area contributed by atoms with Gasteiger partial charge in [-0.3, -0.25) is 4.79 Å². The molecule has 0 aromatic heterocycles. The zero-order valence-corrected chi connectivity index (χ0v) is 14.3. The minimum Gasteiger partial charge on any atom is -0.454 e. The summed E-state index contributed by atoms with van der Waals surface area (Å²) in [5, 5.41) is 3.97. The third kappa shape index (κ3) is 3.86. The van der Waals surface area contributed by atoms with Gasteiger partial charge in [0, 0.05) is 0 Å². The van der Waals surface area contributed by atoms with E-state index in [9.17, 15) is 4.79 Å². The van der Waals surface area contributed by atoms with Gasteiger partial charge in [0.15, 0.2) is 11.5 Å². The summed E-state index contributed by atoms with van der Waals surface area (Å²) in [5.74, 6) is 1.13. The predicted octanol–water partition coefficient (Wildman–Crippen LogP) is 2.44. The van der Waals surface area contributed by atoms with E-state index in [0.29, 0.717) is 11.5 Å². The lowest BCUT2D eigenvalue weighted by Crippen LogP contribution is -2.29. The van der Waals surface area contributed by atoms with E-state index >= 15 is 0 Å². The van der Waals surface area contributed by atoms with Gasteiger partial charge in [0.2, 0.25) is 6.79 Å². The molecule has 2 aromatic carbocycles. The minimum absolute atomic E-state index is 0.00527. The number of carbonyl (C=O) groups is 1. The molecule has 1 aliphatic heterocycles. The Balaban J connectivity index is 1.23. The molecule has 2 aromatic rings. The number of ether oxygens (including phenoxy) is 3. The van der Waals surface area contributed by atoms with Crippen molar-refractivity contribution in [2.45, 2.75) is 25.4 Å². The van der Waals surface area contributed by atoms with Crippen LogP contribution < -0.4 is 14.9 Å². The van der Waals surface area contributed by atoms with Crippen LogP contribution in [0.15, 0.2) is 47.6 Å². The highest BCUT2D eigenvalue weighted by molar-refractivity contribution is 5.83. The van der Waals surface area contributed by atoms with Gasteiger partial charge in [0.05, 0.1) is 12.3 Å². The first-order valence-electron chi connectivity index (χ1n) is 8.68. The van der Waals surface area contributed by atoms with E-state index in [1.807, 2.05) is 24.3 Å². The SMILES string of the molecule is O=C(COC1CCc2ccccc2C1)NN=Cc1ccc2c(c1)OCO2. The summed E-state index contributed by atoms with van der Waals surface area (Å²) in [7, 11) is 0. The number of aryl methyl sites for hydroxylation is 1. The number of nitrogens with zero attached hydrogens (tertiary/aromatic N) is 1. The Morgan fingerprint density at radius 1 is 1.19 bits per heavy atom. The van der Waals surface area contributed by atoms with Gasteiger partial charge >= 0.3 is 0 Å². The number of hydrazone groups is 1. The molecule has 0 saturated carbocycles. The van der Waals surface area contributed by atoms with Crippen molar-refractivity contribution in [3.63, 3.8) is 0 Å². The minimum atomic E-state index is -0.263. The maximum absolute atomic E-state index is 11.9. The Morgan fingerprint density at radius 3 is 2.96 bits per heavy atom. The van der Waals surface area contributed by atoms with Gasteiger partial charge in [-0.25, -0.2) is 5.43 Å². The van der Waals surface area contributed by atoms with Gasteiger partial charge in [0.25, 0.3) is 5.91 Å². The number of carbonyl (C=O) groups excluding carboxylic acids is 1. The molecule has 0 radical (unpaired) electrons. The number of nitrogens with one attached hydrogen (secondary N) is 1. The van der Waals surface area contributed by atoms with Crippen molar-refractivity contribution in [3.8, 4) is 11.5 Å². The van der Waals surface area contributed by atoms with Crippen LogP contribution >= 0.6 is 0 Å². The molecule has 4 rings (SSSR count). The first-order chi connectivity index (χ1) is 12.8. The molecule has 6 nitrogen and oxygen atoms in total. The lowest BCUT2D eigenvalue weighted by Gasteiger charge is -2.24. The third-order valence-electron chi connectivity index (χ3n) is 4.55. The Kier molecular flexibility index (Phi) is 4.84. The fraction of sp³-hybridized carbons (Fsp3) is 0.300. The highest BCUT2D eigenvalue weighted by Gasteiger charge is 2.19. The quantitative estimate of drug-likeness (QED) is 0.663. The smallest absolute Gasteiger partial charge is 0.266 e. The summed E-state index contributed by atoms with van der Waals surface area (Å²) in [6.45, 7) is 0.237. The van der Waals surface area contributed by atoms with E-state index in [4.69, 9.17) is 14.2 Å². The zero-order chi connectivity index (χ0) is 17.8. The van der Waals surface area contributed by atoms with E-state index in [-0.39, 0.29) is 25.4 Å². The summed E-state index contributed by atoms with van der Waals surface area (Å²) in [5.41, 5.74) is 6.00. The molecule has 1 heterocycles. The number of hydrogen-bond acceptors (Lipinski definition) is 5. The van der Waals surface area contributed by atoms with Crippen LogP contribution in [0.25, 0.3) is 0 Å². The van der Waals surface area contributed by atoms with Crippen LogP contribution in [-0.4, -0.2) is 31.6 Å². The average molecular weight is 352 g/mol. The number of rotatable bonds is 5. The van der Waals surface area contributed by atoms with Crippen molar-refractivity contribution in [2.75, 3.05) is 13.4 Å². The number of amides is 1. The molecule has 0 bridgehead atoms. The van der Waals surface area contributed by atoms with E-state index < -0.39 is 0 Å². The van der Waals surface area contributed by atoms with Crippen molar-refractivity contribution in [1.82, 2.24) is 5.43 Å². The van der Waals surface area contributed by atoms with Crippen molar-refractivity contribution in [2.24, 2.45) is 5.10 Å². The maximum atomic E-state index is 11.9. The highest BCUT2D eigenvalue weighted by atomic mass is 16.7. The first-order valence-corrected chi connectivity index (χ1v) is 8.68. The summed E-state index contributed by atoms with van der Waals surface area (Å²) in [4.78, 5) is 11.9. The van der Waals surface area contributed by atoms with E-state index in [0.717, 1.165) is 24.8 Å². The van der Waals surface area contributed by atoms with Gasteiger partial charge in [0.1, 0.15) is 6.61 Å². The second-order valence-corrected chi connectivity index (χ2v) is 6.35. The first kappa shape index (κ1) is 16.6. The second-order valence-electron chi connectivity index (χ2n) is 6.35. The van der Waals surface area contributed by atoms with E-state index in [2.05, 4.69) is 28.7 Å². The molecule has 134 valence electrons. The summed E-state index contributed by atoms with van der Waals surface area (Å²) < 4.78 is 16.3.